The minimum Gasteiger partial charge on any atom is -0.388 e. The molecule has 0 amide bonds. The van der Waals surface area contributed by atoms with E-state index in [1.807, 2.05) is 7.05 Å². The summed E-state index contributed by atoms with van der Waals surface area (Å²) in [6.45, 7) is 15.1. The van der Waals surface area contributed by atoms with Gasteiger partial charge in [0.05, 0.1) is 0 Å². The Balaban J connectivity index is 6.09. The van der Waals surface area contributed by atoms with Crippen LogP contribution < -0.4 is 5.32 Å². The van der Waals surface area contributed by atoms with Crippen molar-refractivity contribution in [1.29, 1.82) is 0 Å². The molecule has 0 fully saturated rings. The summed E-state index contributed by atoms with van der Waals surface area (Å²) in [5.74, 6) is 0. The topological polar surface area (TPSA) is 24.4 Å². The first-order valence-corrected chi connectivity index (χ1v) is 5.28. The summed E-state index contributed by atoms with van der Waals surface area (Å²) in [6, 6.07) is 0. The fourth-order valence-corrected chi connectivity index (χ4v) is 1.45. The van der Waals surface area contributed by atoms with Crippen LogP contribution in [0.4, 0.5) is 0 Å². The molecule has 2 heteroatoms. The van der Waals surface area contributed by atoms with E-state index in [4.69, 9.17) is 0 Å². The van der Waals surface area contributed by atoms with Crippen LogP contribution in [0.15, 0.2) is 78.0 Å². The van der Waals surface area contributed by atoms with Gasteiger partial charge in [0.15, 0.2) is 0 Å². The predicted octanol–water partition coefficient (Wildman–Crippen LogP) is 3.20. The fourth-order valence-electron chi connectivity index (χ4n) is 1.45. The van der Waals surface area contributed by atoms with E-state index in [9.17, 15) is 0 Å². The van der Waals surface area contributed by atoms with E-state index in [2.05, 4.69) is 36.6 Å². The molecular weight excluding hydrogens is 208 g/mol. The normalized spacial score (nSPS) is 11.4. The molecule has 0 saturated carbocycles. The molecule has 1 N–H and O–H groups in total. The van der Waals surface area contributed by atoms with Gasteiger partial charge in [0.25, 0.3) is 0 Å². The highest BCUT2D eigenvalue weighted by molar-refractivity contribution is 5.88. The van der Waals surface area contributed by atoms with Gasteiger partial charge in [-0.25, -0.2) is 0 Å². The van der Waals surface area contributed by atoms with E-state index in [0.29, 0.717) is 0 Å². The first-order valence-electron chi connectivity index (χ1n) is 5.28. The molecule has 0 spiro atoms. The summed E-state index contributed by atoms with van der Waals surface area (Å²) in [6.07, 6.45) is 8.74. The average Bonchev–Trinajstić information content (AvgIpc) is 2.36. The van der Waals surface area contributed by atoms with Gasteiger partial charge in [-0.1, -0.05) is 44.5 Å². The van der Waals surface area contributed by atoms with Gasteiger partial charge in [-0.05, 0) is 17.2 Å². The monoisotopic (exact) mass is 228 g/mol. The largest absolute Gasteiger partial charge is 0.388 e. The van der Waals surface area contributed by atoms with Crippen LogP contribution in [-0.2, 0) is 0 Å². The van der Waals surface area contributed by atoms with Crippen LogP contribution in [0.25, 0.3) is 0 Å². The molecule has 0 bridgehead atoms. The van der Waals surface area contributed by atoms with E-state index in [1.165, 1.54) is 0 Å². The molecule has 0 saturated heterocycles. The summed E-state index contributed by atoms with van der Waals surface area (Å²) >= 11 is 0. The van der Waals surface area contributed by atoms with Gasteiger partial charge in [0.2, 0.25) is 0 Å². The number of allylic oxidation sites excluding steroid dienone is 7. The molecule has 0 atom stereocenters. The van der Waals surface area contributed by atoms with Crippen molar-refractivity contribution in [3.05, 3.63) is 73.0 Å². The number of hydrogen-bond acceptors (Lipinski definition) is 2. The fraction of sp³-hybridized carbons (Fsp3) is 0.133. The second-order valence-corrected chi connectivity index (χ2v) is 3.15. The molecule has 2 nitrogen and oxygen atoms in total. The quantitative estimate of drug-likeness (QED) is 0.525. The molecule has 0 heterocycles. The summed E-state index contributed by atoms with van der Waals surface area (Å²) in [7, 11) is 3.56. The smallest absolute Gasteiger partial charge is 0.0427 e. The number of aliphatic imine (C=N–C) groups is 1. The molecule has 0 rings (SSSR count). The number of hydrogen-bond donors (Lipinski definition) is 1. The third-order valence-corrected chi connectivity index (χ3v) is 2.27. The molecule has 0 aliphatic heterocycles. The Hall–Kier alpha value is -2.09. The molecule has 90 valence electrons. The Kier molecular flexibility index (Phi) is 7.11. The number of rotatable bonds is 7. The Morgan fingerprint density at radius 1 is 0.941 bits per heavy atom. The predicted molar refractivity (Wildman–Crippen MR) is 78.3 cm³/mol. The number of nitrogens with one attached hydrogen (secondary N) is 1. The second-order valence-electron chi connectivity index (χ2n) is 3.15. The maximum atomic E-state index is 4.05. The van der Waals surface area contributed by atoms with E-state index < -0.39 is 0 Å². The lowest BCUT2D eigenvalue weighted by molar-refractivity contribution is 1.02. The summed E-state index contributed by atoms with van der Waals surface area (Å²) in [5, 5.41) is 3.07. The molecule has 0 aliphatic carbocycles. The highest BCUT2D eigenvalue weighted by Crippen LogP contribution is 2.19. The van der Waals surface area contributed by atoms with Crippen LogP contribution in [-0.4, -0.2) is 20.3 Å². The zero-order valence-electron chi connectivity index (χ0n) is 10.7. The Labute approximate surface area is 104 Å². The lowest BCUT2D eigenvalue weighted by atomic mass is 9.98. The molecule has 0 aliphatic rings. The van der Waals surface area contributed by atoms with Crippen LogP contribution in [0.3, 0.4) is 0 Å². The van der Waals surface area contributed by atoms with Crippen molar-refractivity contribution < 1.29 is 0 Å². The van der Waals surface area contributed by atoms with E-state index >= 15 is 0 Å². The molecule has 0 aromatic heterocycles. The highest BCUT2D eigenvalue weighted by atomic mass is 14.8. The van der Waals surface area contributed by atoms with Crippen molar-refractivity contribution in [2.45, 2.75) is 0 Å². The van der Waals surface area contributed by atoms with Crippen molar-refractivity contribution in [3.8, 4) is 0 Å². The lowest BCUT2D eigenvalue weighted by Gasteiger charge is -2.11. The molecule has 0 unspecified atom stereocenters. The minimum absolute atomic E-state index is 0.881. The Bertz CT molecular complexity index is 397. The van der Waals surface area contributed by atoms with Crippen molar-refractivity contribution >= 4 is 6.21 Å². The van der Waals surface area contributed by atoms with Crippen LogP contribution in [0.5, 0.6) is 0 Å². The summed E-state index contributed by atoms with van der Waals surface area (Å²) in [5.41, 5.74) is 3.62. The minimum atomic E-state index is 0.881. The van der Waals surface area contributed by atoms with Gasteiger partial charge in [-0.3, -0.25) is 4.99 Å². The van der Waals surface area contributed by atoms with Crippen molar-refractivity contribution in [2.75, 3.05) is 14.1 Å². The van der Waals surface area contributed by atoms with Crippen molar-refractivity contribution in [2.24, 2.45) is 4.99 Å². The second kappa shape index (κ2) is 8.11. The van der Waals surface area contributed by atoms with Crippen LogP contribution in [0.2, 0.25) is 0 Å². The maximum Gasteiger partial charge on any atom is 0.0427 e. The Morgan fingerprint density at radius 3 is 1.82 bits per heavy atom. The van der Waals surface area contributed by atoms with Gasteiger partial charge >= 0.3 is 0 Å². The lowest BCUT2D eigenvalue weighted by Crippen LogP contribution is -2.09. The first kappa shape index (κ1) is 14.9. The van der Waals surface area contributed by atoms with E-state index in [-0.39, 0.29) is 0 Å². The zero-order chi connectivity index (χ0) is 13.3. The molecule has 0 radical (unpaired) electrons. The molecule has 0 aromatic carbocycles. The Morgan fingerprint density at radius 2 is 1.53 bits per heavy atom. The third kappa shape index (κ3) is 3.76. The van der Waals surface area contributed by atoms with Gasteiger partial charge in [0, 0.05) is 31.6 Å². The highest BCUT2D eigenvalue weighted by Gasteiger charge is 2.07. The molecular formula is C15H20N2. The van der Waals surface area contributed by atoms with E-state index in [1.54, 1.807) is 37.6 Å². The van der Waals surface area contributed by atoms with Crippen molar-refractivity contribution in [1.82, 2.24) is 5.32 Å². The maximum absolute atomic E-state index is 4.05. The van der Waals surface area contributed by atoms with Crippen LogP contribution in [0.1, 0.15) is 0 Å². The van der Waals surface area contributed by atoms with Crippen LogP contribution >= 0.6 is 0 Å². The number of likely N-dealkylation sites (N-methyl/N-ethyl adjacent to an activating group) is 1. The first-order chi connectivity index (χ1) is 8.19. The summed E-state index contributed by atoms with van der Waals surface area (Å²) in [4.78, 5) is 4.05. The zero-order valence-corrected chi connectivity index (χ0v) is 10.7. The SMILES string of the molecule is C=CC(C=C)=C(C=C)C(/C=N\C)=C(\C=C)NC. The molecule has 0 aromatic rings. The standard InChI is InChI=1S/C15H20N2/c1-7-12(8-2)13(9-3)14(11-16-5)15(10-4)17-6/h7-11,17H,1-4H2,5-6H3/b15-14+,16-11-. The molecule has 17 heavy (non-hydrogen) atoms. The van der Waals surface area contributed by atoms with Crippen molar-refractivity contribution in [3.63, 3.8) is 0 Å². The van der Waals surface area contributed by atoms with Gasteiger partial charge in [-0.2, -0.15) is 0 Å². The van der Waals surface area contributed by atoms with Gasteiger partial charge in [0.1, 0.15) is 0 Å². The average molecular weight is 228 g/mol. The number of nitrogens with zero attached hydrogens (tertiary/aromatic N) is 1. The van der Waals surface area contributed by atoms with Crippen LogP contribution in [0, 0.1) is 0 Å². The summed E-state index contributed by atoms with van der Waals surface area (Å²) < 4.78 is 0. The van der Waals surface area contributed by atoms with Gasteiger partial charge in [-0.15, -0.1) is 0 Å². The van der Waals surface area contributed by atoms with Gasteiger partial charge < -0.3 is 5.32 Å². The third-order valence-electron chi connectivity index (χ3n) is 2.27. The van der Waals surface area contributed by atoms with E-state index in [0.717, 1.165) is 22.4 Å².